The van der Waals surface area contributed by atoms with E-state index >= 15 is 0 Å². The quantitative estimate of drug-likeness (QED) is 0.658. The third-order valence-corrected chi connectivity index (χ3v) is 3.65. The molecule has 1 heterocycles. The number of hydrogen-bond donors (Lipinski definition) is 0. The molecule has 0 amide bonds. The van der Waals surface area contributed by atoms with Crippen molar-refractivity contribution >= 4 is 11.1 Å². The summed E-state index contributed by atoms with van der Waals surface area (Å²) < 4.78 is 5.80. The molecule has 0 aliphatic heterocycles. The van der Waals surface area contributed by atoms with Gasteiger partial charge in [0.2, 0.25) is 5.89 Å². The Kier molecular flexibility index (Phi) is 2.01. The highest BCUT2D eigenvalue weighted by Crippen LogP contribution is 2.41. The van der Waals surface area contributed by atoms with Crippen molar-refractivity contribution < 1.29 is 4.42 Å². The zero-order valence-corrected chi connectivity index (χ0v) is 10.1. The van der Waals surface area contributed by atoms with Crippen LogP contribution in [0.4, 0.5) is 0 Å². The van der Waals surface area contributed by atoms with Gasteiger partial charge < -0.3 is 4.42 Å². The summed E-state index contributed by atoms with van der Waals surface area (Å²) >= 11 is 0. The Balaban J connectivity index is 1.94. The molecule has 1 aliphatic carbocycles. The average molecular weight is 246 g/mol. The van der Waals surface area contributed by atoms with Crippen LogP contribution in [0, 0.1) is 11.3 Å². The van der Waals surface area contributed by atoms with Gasteiger partial charge in [0.1, 0.15) is 5.52 Å². The lowest BCUT2D eigenvalue weighted by Gasteiger charge is -2.26. The first-order valence-electron chi connectivity index (χ1n) is 6.24. The monoisotopic (exact) mass is 246 g/mol. The Morgan fingerprint density at radius 1 is 1.16 bits per heavy atom. The summed E-state index contributed by atoms with van der Waals surface area (Å²) in [5.74, 6) is 0.583. The van der Waals surface area contributed by atoms with E-state index in [1.54, 1.807) is 0 Å². The molecule has 0 spiro atoms. The van der Waals surface area contributed by atoms with Gasteiger partial charge in [-0.3, -0.25) is 0 Å². The predicted molar refractivity (Wildman–Crippen MR) is 71.5 cm³/mol. The van der Waals surface area contributed by atoms with Crippen LogP contribution in [0.3, 0.4) is 0 Å². The summed E-state index contributed by atoms with van der Waals surface area (Å²) in [6.07, 6.45) is 0.833. The van der Waals surface area contributed by atoms with E-state index < -0.39 is 0 Å². The van der Waals surface area contributed by atoms with Crippen LogP contribution in [0.5, 0.6) is 0 Å². The Morgan fingerprint density at radius 2 is 2.05 bits per heavy atom. The van der Waals surface area contributed by atoms with Crippen LogP contribution in [0.15, 0.2) is 46.9 Å². The van der Waals surface area contributed by atoms with Gasteiger partial charge in [-0.2, -0.15) is 5.26 Å². The zero-order valence-electron chi connectivity index (χ0n) is 10.1. The minimum absolute atomic E-state index is 0.0267. The molecule has 4 rings (SSSR count). The Hall–Kier alpha value is -2.60. The molecule has 0 saturated carbocycles. The highest BCUT2D eigenvalue weighted by molar-refractivity contribution is 5.78. The number of benzene rings is 2. The van der Waals surface area contributed by atoms with E-state index in [4.69, 9.17) is 9.68 Å². The first-order chi connectivity index (χ1) is 9.36. The molecule has 2 aromatic carbocycles. The number of oxazole rings is 1. The van der Waals surface area contributed by atoms with Crippen molar-refractivity contribution in [3.63, 3.8) is 0 Å². The lowest BCUT2D eigenvalue weighted by molar-refractivity contribution is 0.614. The molecule has 0 saturated heterocycles. The highest BCUT2D eigenvalue weighted by atomic mass is 16.3. The van der Waals surface area contributed by atoms with Crippen molar-refractivity contribution in [3.05, 3.63) is 53.6 Å². The molecule has 1 unspecified atom stereocenters. The molecule has 1 atom stereocenters. The van der Waals surface area contributed by atoms with Gasteiger partial charge in [0.15, 0.2) is 5.58 Å². The van der Waals surface area contributed by atoms with E-state index in [2.05, 4.69) is 17.1 Å². The summed E-state index contributed by atoms with van der Waals surface area (Å²) in [5, 5.41) is 9.14. The van der Waals surface area contributed by atoms with Crippen LogP contribution in [0.25, 0.3) is 22.6 Å². The fourth-order valence-corrected chi connectivity index (χ4v) is 2.68. The average Bonchev–Trinajstić information content (AvgIpc) is 2.83. The lowest BCUT2D eigenvalue weighted by Crippen LogP contribution is -2.16. The summed E-state index contributed by atoms with van der Waals surface area (Å²) in [5.41, 5.74) is 4.89. The van der Waals surface area contributed by atoms with Crippen LogP contribution < -0.4 is 0 Å². The van der Waals surface area contributed by atoms with Crippen LogP contribution in [-0.2, 0) is 6.42 Å². The van der Waals surface area contributed by atoms with Crippen molar-refractivity contribution in [2.24, 2.45) is 0 Å². The van der Waals surface area contributed by atoms with Gasteiger partial charge in [-0.25, -0.2) is 4.98 Å². The standard InChI is InChI=1S/C16H10N2O/c17-9-11-8-10-4-3-5-12(15(10)11)16-18-13-6-1-2-7-14(13)19-16/h1-7,11H,8H2. The molecule has 0 bridgehead atoms. The summed E-state index contributed by atoms with van der Waals surface area (Å²) in [7, 11) is 0. The number of fused-ring (bicyclic) bond motifs is 2. The molecule has 19 heavy (non-hydrogen) atoms. The van der Waals surface area contributed by atoms with E-state index in [0.29, 0.717) is 5.89 Å². The molecular weight excluding hydrogens is 236 g/mol. The second kappa shape index (κ2) is 3.69. The maximum atomic E-state index is 9.14. The molecule has 3 nitrogen and oxygen atoms in total. The summed E-state index contributed by atoms with van der Waals surface area (Å²) in [4.78, 5) is 4.51. The van der Waals surface area contributed by atoms with Gasteiger partial charge in [-0.15, -0.1) is 0 Å². The molecule has 0 N–H and O–H groups in total. The maximum absolute atomic E-state index is 9.14. The molecule has 0 fully saturated rings. The molecule has 0 radical (unpaired) electrons. The highest BCUT2D eigenvalue weighted by Gasteiger charge is 2.30. The number of rotatable bonds is 1. The Morgan fingerprint density at radius 3 is 2.89 bits per heavy atom. The van der Waals surface area contributed by atoms with E-state index in [9.17, 15) is 0 Å². The number of nitriles is 1. The molecule has 90 valence electrons. The van der Waals surface area contributed by atoms with Crippen molar-refractivity contribution in [2.45, 2.75) is 12.3 Å². The van der Waals surface area contributed by atoms with Gasteiger partial charge >= 0.3 is 0 Å². The number of hydrogen-bond acceptors (Lipinski definition) is 3. The van der Waals surface area contributed by atoms with E-state index in [1.807, 2.05) is 36.4 Å². The van der Waals surface area contributed by atoms with Crippen molar-refractivity contribution in [1.29, 1.82) is 5.26 Å². The minimum atomic E-state index is -0.0267. The maximum Gasteiger partial charge on any atom is 0.227 e. The van der Waals surface area contributed by atoms with Crippen LogP contribution in [0.2, 0.25) is 0 Å². The van der Waals surface area contributed by atoms with Crippen molar-refractivity contribution in [3.8, 4) is 17.5 Å². The topological polar surface area (TPSA) is 49.8 Å². The molecule has 3 aromatic rings. The van der Waals surface area contributed by atoms with Gasteiger partial charge in [-0.1, -0.05) is 24.3 Å². The fourth-order valence-electron chi connectivity index (χ4n) is 2.68. The van der Waals surface area contributed by atoms with Crippen LogP contribution in [-0.4, -0.2) is 4.98 Å². The minimum Gasteiger partial charge on any atom is -0.436 e. The van der Waals surface area contributed by atoms with Gasteiger partial charge in [-0.05, 0) is 35.7 Å². The third-order valence-electron chi connectivity index (χ3n) is 3.65. The SMILES string of the molecule is N#CC1Cc2cccc(-c3nc4ccccc4o3)c21. The Bertz CT molecular complexity index is 793. The summed E-state index contributed by atoms with van der Waals surface area (Å²) in [6, 6.07) is 16.1. The second-order valence-electron chi connectivity index (χ2n) is 4.75. The Labute approximate surface area is 110 Å². The predicted octanol–water partition coefficient (Wildman–Crippen LogP) is 3.66. The first-order valence-corrected chi connectivity index (χ1v) is 6.24. The molecule has 3 heteroatoms. The van der Waals surface area contributed by atoms with Crippen molar-refractivity contribution in [2.75, 3.05) is 0 Å². The lowest BCUT2D eigenvalue weighted by atomic mass is 9.76. The molecule has 1 aliphatic rings. The fraction of sp³-hybridized carbons (Fsp3) is 0.125. The second-order valence-corrected chi connectivity index (χ2v) is 4.75. The zero-order chi connectivity index (χ0) is 12.8. The van der Waals surface area contributed by atoms with Gasteiger partial charge in [0.25, 0.3) is 0 Å². The van der Waals surface area contributed by atoms with Crippen LogP contribution in [0.1, 0.15) is 17.0 Å². The van der Waals surface area contributed by atoms with Crippen molar-refractivity contribution in [1.82, 2.24) is 4.98 Å². The molecular formula is C16H10N2O. The van der Waals surface area contributed by atoms with E-state index in [0.717, 1.165) is 28.6 Å². The van der Waals surface area contributed by atoms with Gasteiger partial charge in [0, 0.05) is 5.56 Å². The van der Waals surface area contributed by atoms with Gasteiger partial charge in [0.05, 0.1) is 12.0 Å². The first kappa shape index (κ1) is 10.3. The smallest absolute Gasteiger partial charge is 0.227 e. The van der Waals surface area contributed by atoms with Crippen LogP contribution >= 0.6 is 0 Å². The largest absolute Gasteiger partial charge is 0.436 e. The number of nitrogens with zero attached hydrogens (tertiary/aromatic N) is 2. The third kappa shape index (κ3) is 1.40. The number of aromatic nitrogens is 1. The summed E-state index contributed by atoms with van der Waals surface area (Å²) in [6.45, 7) is 0. The van der Waals surface area contributed by atoms with E-state index in [1.165, 1.54) is 5.56 Å². The molecule has 1 aromatic heterocycles. The number of para-hydroxylation sites is 2. The normalized spacial score (nSPS) is 16.7. The van der Waals surface area contributed by atoms with E-state index in [-0.39, 0.29) is 5.92 Å².